The lowest BCUT2D eigenvalue weighted by atomic mass is 10.2. The number of benzene rings is 2. The van der Waals surface area contributed by atoms with Gasteiger partial charge in [0.25, 0.3) is 0 Å². The molecule has 0 radical (unpaired) electrons. The summed E-state index contributed by atoms with van der Waals surface area (Å²) in [6.07, 6.45) is 5.21. The molecule has 4 rings (SSSR count). The molecular formula is C24H23ClN6O4. The number of amides is 1. The molecule has 0 bridgehead atoms. The van der Waals surface area contributed by atoms with Crippen molar-refractivity contribution in [2.45, 2.75) is 19.6 Å². The van der Waals surface area contributed by atoms with Gasteiger partial charge in [-0.2, -0.15) is 0 Å². The predicted molar refractivity (Wildman–Crippen MR) is 131 cm³/mol. The Morgan fingerprint density at radius 2 is 2.00 bits per heavy atom. The molecule has 10 nitrogen and oxygen atoms in total. The summed E-state index contributed by atoms with van der Waals surface area (Å²) in [7, 11) is 0. The van der Waals surface area contributed by atoms with Gasteiger partial charge in [0, 0.05) is 18.1 Å². The summed E-state index contributed by atoms with van der Waals surface area (Å²) < 4.78 is 11.6. The standard InChI is InChI=1S/C24H23ClN6O4/c1-15(32)24(33)28-9-10-34-21-4-2-3-19-22(21)23(30-14-29-19)31-16-5-6-20(18(25)11-16)35-13-17-12-26-7-8-27-17/h2-8,11-12,14-15,32H,9-10,13H2,1H3,(H,28,33)(H,29,30,31). The summed E-state index contributed by atoms with van der Waals surface area (Å²) in [5, 5.41) is 16.2. The highest BCUT2D eigenvalue weighted by Crippen LogP contribution is 2.34. The molecule has 4 aromatic rings. The summed E-state index contributed by atoms with van der Waals surface area (Å²) in [6.45, 7) is 2.09. The highest BCUT2D eigenvalue weighted by molar-refractivity contribution is 6.32. The van der Waals surface area contributed by atoms with Crippen LogP contribution in [0, 0.1) is 0 Å². The van der Waals surface area contributed by atoms with Crippen molar-refractivity contribution in [3.63, 3.8) is 0 Å². The highest BCUT2D eigenvalue weighted by Gasteiger charge is 2.13. The molecule has 0 fully saturated rings. The second kappa shape index (κ2) is 11.4. The Balaban J connectivity index is 1.47. The minimum absolute atomic E-state index is 0.204. The first-order chi connectivity index (χ1) is 17.0. The van der Waals surface area contributed by atoms with Crippen molar-refractivity contribution >= 4 is 39.9 Å². The quantitative estimate of drug-likeness (QED) is 0.284. The van der Waals surface area contributed by atoms with Crippen LogP contribution in [0.3, 0.4) is 0 Å². The molecule has 1 atom stereocenters. The van der Waals surface area contributed by atoms with Crippen LogP contribution in [0.5, 0.6) is 11.5 Å². The Hall–Kier alpha value is -4.02. The average molecular weight is 495 g/mol. The molecule has 0 aliphatic heterocycles. The highest BCUT2D eigenvalue weighted by atomic mass is 35.5. The zero-order chi connectivity index (χ0) is 24.6. The summed E-state index contributed by atoms with van der Waals surface area (Å²) in [6, 6.07) is 10.8. The van der Waals surface area contributed by atoms with Crippen molar-refractivity contribution < 1.29 is 19.4 Å². The van der Waals surface area contributed by atoms with E-state index >= 15 is 0 Å². The van der Waals surface area contributed by atoms with Crippen molar-refractivity contribution in [2.24, 2.45) is 0 Å². The van der Waals surface area contributed by atoms with Crippen molar-refractivity contribution in [1.29, 1.82) is 0 Å². The van der Waals surface area contributed by atoms with Gasteiger partial charge >= 0.3 is 0 Å². The fourth-order valence-corrected chi connectivity index (χ4v) is 3.40. The minimum Gasteiger partial charge on any atom is -0.491 e. The Labute approximate surface area is 206 Å². The molecule has 11 heteroatoms. The molecule has 2 aromatic carbocycles. The van der Waals surface area contributed by atoms with Crippen molar-refractivity contribution in [2.75, 3.05) is 18.5 Å². The van der Waals surface area contributed by atoms with Gasteiger partial charge in [-0.15, -0.1) is 0 Å². The van der Waals surface area contributed by atoms with E-state index in [1.807, 2.05) is 18.2 Å². The maximum Gasteiger partial charge on any atom is 0.248 e. The molecule has 0 saturated heterocycles. The summed E-state index contributed by atoms with van der Waals surface area (Å²) in [5.41, 5.74) is 2.07. The molecule has 3 N–H and O–H groups in total. The number of anilines is 2. The number of aromatic nitrogens is 4. The number of halogens is 1. The SMILES string of the molecule is CC(O)C(=O)NCCOc1cccc2ncnc(Nc3ccc(OCc4cnccn4)c(Cl)c3)c12. The normalized spacial score (nSPS) is 11.6. The Kier molecular flexibility index (Phi) is 7.86. The fraction of sp³-hybridized carbons (Fsp3) is 0.208. The van der Waals surface area contributed by atoms with Gasteiger partial charge in [0.15, 0.2) is 0 Å². The van der Waals surface area contributed by atoms with Crippen LogP contribution >= 0.6 is 11.6 Å². The molecule has 0 saturated carbocycles. The molecule has 2 aromatic heterocycles. The zero-order valence-electron chi connectivity index (χ0n) is 18.8. The topological polar surface area (TPSA) is 131 Å². The van der Waals surface area contributed by atoms with Crippen LogP contribution in [0.15, 0.2) is 61.3 Å². The Morgan fingerprint density at radius 1 is 1.11 bits per heavy atom. The van der Waals surface area contributed by atoms with Crippen molar-refractivity contribution in [1.82, 2.24) is 25.3 Å². The second-order valence-corrected chi connectivity index (χ2v) is 7.85. The number of aliphatic hydroxyl groups excluding tert-OH is 1. The van der Waals surface area contributed by atoms with Gasteiger partial charge in [-0.25, -0.2) is 9.97 Å². The average Bonchev–Trinajstić information content (AvgIpc) is 2.86. The van der Waals surface area contributed by atoms with Crippen LogP contribution < -0.4 is 20.1 Å². The molecular weight excluding hydrogens is 472 g/mol. The van der Waals surface area contributed by atoms with E-state index in [1.165, 1.54) is 13.3 Å². The Morgan fingerprint density at radius 3 is 2.77 bits per heavy atom. The molecule has 1 unspecified atom stereocenters. The number of ether oxygens (including phenoxy) is 2. The molecule has 0 spiro atoms. The minimum atomic E-state index is -1.08. The Bertz CT molecular complexity index is 1300. The van der Waals surface area contributed by atoms with E-state index in [9.17, 15) is 9.90 Å². The molecule has 35 heavy (non-hydrogen) atoms. The second-order valence-electron chi connectivity index (χ2n) is 7.44. The fourth-order valence-electron chi connectivity index (χ4n) is 3.17. The number of hydrogen-bond donors (Lipinski definition) is 3. The van der Waals surface area contributed by atoms with Crippen LogP contribution in [-0.4, -0.2) is 50.2 Å². The summed E-state index contributed by atoms with van der Waals surface area (Å²) in [5.74, 6) is 1.13. The monoisotopic (exact) mass is 494 g/mol. The zero-order valence-corrected chi connectivity index (χ0v) is 19.6. The van der Waals surface area contributed by atoms with Crippen LogP contribution in [0.1, 0.15) is 12.6 Å². The number of nitrogens with zero attached hydrogens (tertiary/aromatic N) is 4. The number of fused-ring (bicyclic) bond motifs is 1. The van der Waals surface area contributed by atoms with Gasteiger partial charge in [0.05, 0.1) is 34.4 Å². The van der Waals surface area contributed by atoms with Gasteiger partial charge in [-0.05, 0) is 37.3 Å². The maximum atomic E-state index is 11.5. The van der Waals surface area contributed by atoms with Crippen molar-refractivity contribution in [3.05, 3.63) is 72.0 Å². The van der Waals surface area contributed by atoms with Gasteiger partial charge in [-0.1, -0.05) is 17.7 Å². The van der Waals surface area contributed by atoms with Crippen LogP contribution in [0.4, 0.5) is 11.5 Å². The van der Waals surface area contributed by atoms with Gasteiger partial charge < -0.3 is 25.2 Å². The van der Waals surface area contributed by atoms with E-state index in [0.717, 1.165) is 0 Å². The van der Waals surface area contributed by atoms with E-state index in [-0.39, 0.29) is 19.8 Å². The van der Waals surface area contributed by atoms with Gasteiger partial charge in [-0.3, -0.25) is 14.8 Å². The van der Waals surface area contributed by atoms with Gasteiger partial charge in [0.1, 0.15) is 43.0 Å². The third-order valence-electron chi connectivity index (χ3n) is 4.85. The van der Waals surface area contributed by atoms with Crippen LogP contribution in [0.25, 0.3) is 10.9 Å². The number of carbonyl (C=O) groups is 1. The van der Waals surface area contributed by atoms with Crippen LogP contribution in [0.2, 0.25) is 5.02 Å². The number of aliphatic hydroxyl groups is 1. The summed E-state index contributed by atoms with van der Waals surface area (Å²) in [4.78, 5) is 28.4. The predicted octanol–water partition coefficient (Wildman–Crippen LogP) is 3.27. The first-order valence-electron chi connectivity index (χ1n) is 10.8. The van der Waals surface area contributed by atoms with E-state index in [4.69, 9.17) is 21.1 Å². The van der Waals surface area contributed by atoms with Crippen molar-refractivity contribution in [3.8, 4) is 11.5 Å². The molecule has 180 valence electrons. The third kappa shape index (κ3) is 6.31. The van der Waals surface area contributed by atoms with E-state index in [0.29, 0.717) is 44.6 Å². The maximum absolute atomic E-state index is 11.5. The first-order valence-corrected chi connectivity index (χ1v) is 11.2. The van der Waals surface area contributed by atoms with Gasteiger partial charge in [0.2, 0.25) is 5.91 Å². The molecule has 0 aliphatic rings. The lowest BCUT2D eigenvalue weighted by Crippen LogP contribution is -2.35. The van der Waals surface area contributed by atoms with E-state index < -0.39 is 12.0 Å². The lowest BCUT2D eigenvalue weighted by molar-refractivity contribution is -0.128. The largest absolute Gasteiger partial charge is 0.491 e. The molecule has 0 aliphatic carbocycles. The number of nitrogens with one attached hydrogen (secondary N) is 2. The van der Waals surface area contributed by atoms with E-state index in [1.54, 1.807) is 36.8 Å². The third-order valence-corrected chi connectivity index (χ3v) is 5.15. The lowest BCUT2D eigenvalue weighted by Gasteiger charge is -2.14. The number of rotatable bonds is 10. The van der Waals surface area contributed by atoms with E-state index in [2.05, 4.69) is 30.6 Å². The molecule has 2 heterocycles. The smallest absolute Gasteiger partial charge is 0.248 e. The number of hydrogen-bond acceptors (Lipinski definition) is 9. The number of carbonyl (C=O) groups excluding carboxylic acids is 1. The molecule has 1 amide bonds. The summed E-state index contributed by atoms with van der Waals surface area (Å²) >= 11 is 6.43. The first kappa shape index (κ1) is 24.1. The van der Waals surface area contributed by atoms with Crippen LogP contribution in [-0.2, 0) is 11.4 Å².